The average molecular weight is 263 g/mol. The van der Waals surface area contributed by atoms with Crippen molar-refractivity contribution >= 4 is 11.7 Å². The summed E-state index contributed by atoms with van der Waals surface area (Å²) in [5, 5.41) is 3.34. The van der Waals surface area contributed by atoms with E-state index in [-0.39, 0.29) is 0 Å². The summed E-state index contributed by atoms with van der Waals surface area (Å²) in [5.41, 5.74) is 5.63. The van der Waals surface area contributed by atoms with Gasteiger partial charge in [0.05, 0.1) is 5.56 Å². The Morgan fingerprint density at radius 1 is 1.47 bits per heavy atom. The summed E-state index contributed by atoms with van der Waals surface area (Å²) in [5.74, 6) is 0.419. The number of piperazine rings is 1. The van der Waals surface area contributed by atoms with Crippen LogP contribution in [0.5, 0.6) is 0 Å². The van der Waals surface area contributed by atoms with Crippen LogP contribution in [0.3, 0.4) is 0 Å². The van der Waals surface area contributed by atoms with Crippen molar-refractivity contribution in [3.8, 4) is 0 Å². The number of hydrogen-bond donors (Lipinski definition) is 2. The second-order valence-corrected chi connectivity index (χ2v) is 4.78. The van der Waals surface area contributed by atoms with Crippen LogP contribution in [0.2, 0.25) is 0 Å². The molecule has 2 heterocycles. The predicted octanol–water partition coefficient (Wildman–Crippen LogP) is -0.478. The molecule has 1 amide bonds. The molecule has 0 aromatic carbocycles. The van der Waals surface area contributed by atoms with Gasteiger partial charge in [-0.05, 0) is 12.1 Å². The smallest absolute Gasteiger partial charge is 0.250 e. The van der Waals surface area contributed by atoms with Crippen LogP contribution in [0.4, 0.5) is 5.82 Å². The van der Waals surface area contributed by atoms with Gasteiger partial charge < -0.3 is 16.0 Å². The lowest BCUT2D eigenvalue weighted by Crippen LogP contribution is -2.46. The number of anilines is 1. The standard InChI is InChI=1S/C13H21N5O/c1-17(8-9-18-6-4-15-5-7-18)12-3-2-11(10-16-12)13(14)19/h2-3,10,15H,4-9H2,1H3,(H2,14,19). The van der Waals surface area contributed by atoms with Gasteiger partial charge in [0, 0.05) is 52.5 Å². The Morgan fingerprint density at radius 2 is 2.21 bits per heavy atom. The van der Waals surface area contributed by atoms with E-state index < -0.39 is 5.91 Å². The molecule has 0 saturated carbocycles. The van der Waals surface area contributed by atoms with Crippen LogP contribution < -0.4 is 16.0 Å². The van der Waals surface area contributed by atoms with Crippen LogP contribution in [0.15, 0.2) is 18.3 Å². The van der Waals surface area contributed by atoms with Gasteiger partial charge in [0.15, 0.2) is 0 Å². The Morgan fingerprint density at radius 3 is 2.79 bits per heavy atom. The molecule has 0 bridgehead atoms. The Bertz CT molecular complexity index is 414. The van der Waals surface area contributed by atoms with Gasteiger partial charge in [0.2, 0.25) is 5.91 Å². The van der Waals surface area contributed by atoms with Crippen LogP contribution in [0, 0.1) is 0 Å². The van der Waals surface area contributed by atoms with Crippen LogP contribution in [-0.4, -0.2) is 62.1 Å². The predicted molar refractivity (Wildman–Crippen MR) is 75.3 cm³/mol. The summed E-state index contributed by atoms with van der Waals surface area (Å²) in [7, 11) is 2.01. The number of nitrogens with zero attached hydrogens (tertiary/aromatic N) is 3. The van der Waals surface area contributed by atoms with E-state index in [1.54, 1.807) is 6.07 Å². The quantitative estimate of drug-likeness (QED) is 0.751. The third-order valence-electron chi connectivity index (χ3n) is 3.38. The minimum Gasteiger partial charge on any atom is -0.366 e. The number of nitrogens with two attached hydrogens (primary N) is 1. The first-order valence-corrected chi connectivity index (χ1v) is 6.57. The van der Waals surface area contributed by atoms with E-state index in [0.29, 0.717) is 5.56 Å². The highest BCUT2D eigenvalue weighted by Gasteiger charge is 2.11. The van der Waals surface area contributed by atoms with Gasteiger partial charge in [0.1, 0.15) is 5.82 Å². The van der Waals surface area contributed by atoms with Gasteiger partial charge in [-0.15, -0.1) is 0 Å². The molecule has 19 heavy (non-hydrogen) atoms. The largest absolute Gasteiger partial charge is 0.366 e. The van der Waals surface area contributed by atoms with E-state index in [9.17, 15) is 4.79 Å². The number of nitrogens with one attached hydrogen (secondary N) is 1. The van der Waals surface area contributed by atoms with Crippen LogP contribution in [-0.2, 0) is 0 Å². The second-order valence-electron chi connectivity index (χ2n) is 4.78. The van der Waals surface area contributed by atoms with Gasteiger partial charge in [-0.2, -0.15) is 0 Å². The molecule has 1 aliphatic rings. The van der Waals surface area contributed by atoms with Crippen molar-refractivity contribution in [2.75, 3.05) is 51.2 Å². The lowest BCUT2D eigenvalue weighted by Gasteiger charge is -2.29. The molecule has 0 spiro atoms. The molecule has 1 aromatic heterocycles. The van der Waals surface area contributed by atoms with E-state index >= 15 is 0 Å². The summed E-state index contributed by atoms with van der Waals surface area (Å²) in [6, 6.07) is 3.55. The lowest BCUT2D eigenvalue weighted by atomic mass is 10.2. The van der Waals surface area contributed by atoms with E-state index in [1.807, 2.05) is 13.1 Å². The number of rotatable bonds is 5. The fourth-order valence-corrected chi connectivity index (χ4v) is 2.10. The molecule has 2 rings (SSSR count). The summed E-state index contributed by atoms with van der Waals surface area (Å²) in [6.07, 6.45) is 1.53. The van der Waals surface area contributed by atoms with Crippen molar-refractivity contribution < 1.29 is 4.79 Å². The molecule has 6 heteroatoms. The zero-order valence-corrected chi connectivity index (χ0v) is 11.3. The van der Waals surface area contributed by atoms with Crippen molar-refractivity contribution in [1.82, 2.24) is 15.2 Å². The molecular formula is C13H21N5O. The molecule has 1 aliphatic heterocycles. The minimum absolute atomic E-state index is 0.442. The Balaban J connectivity index is 1.84. The third kappa shape index (κ3) is 3.90. The summed E-state index contributed by atoms with van der Waals surface area (Å²) in [6.45, 7) is 6.27. The number of hydrogen-bond acceptors (Lipinski definition) is 5. The van der Waals surface area contributed by atoms with E-state index in [4.69, 9.17) is 5.73 Å². The average Bonchev–Trinajstić information content (AvgIpc) is 2.46. The zero-order chi connectivity index (χ0) is 13.7. The van der Waals surface area contributed by atoms with Crippen molar-refractivity contribution in [3.63, 3.8) is 0 Å². The number of primary amides is 1. The van der Waals surface area contributed by atoms with Crippen molar-refractivity contribution in [2.45, 2.75) is 0 Å². The van der Waals surface area contributed by atoms with Gasteiger partial charge >= 0.3 is 0 Å². The minimum atomic E-state index is -0.442. The van der Waals surface area contributed by atoms with Gasteiger partial charge in [-0.1, -0.05) is 0 Å². The van der Waals surface area contributed by atoms with E-state index in [2.05, 4.69) is 20.1 Å². The molecule has 1 fully saturated rings. The SMILES string of the molecule is CN(CCN1CCNCC1)c1ccc(C(N)=O)cn1. The lowest BCUT2D eigenvalue weighted by molar-refractivity contribution is 0.1000. The van der Waals surface area contributed by atoms with Crippen molar-refractivity contribution in [3.05, 3.63) is 23.9 Å². The number of pyridine rings is 1. The highest BCUT2D eigenvalue weighted by atomic mass is 16.1. The molecule has 0 atom stereocenters. The van der Waals surface area contributed by atoms with Crippen molar-refractivity contribution in [2.24, 2.45) is 5.73 Å². The molecule has 104 valence electrons. The monoisotopic (exact) mass is 263 g/mol. The summed E-state index contributed by atoms with van der Waals surface area (Å²) >= 11 is 0. The number of carbonyl (C=O) groups is 1. The van der Waals surface area contributed by atoms with Gasteiger partial charge in [0.25, 0.3) is 0 Å². The molecular weight excluding hydrogens is 242 g/mol. The topological polar surface area (TPSA) is 74.5 Å². The fourth-order valence-electron chi connectivity index (χ4n) is 2.10. The Labute approximate surface area is 113 Å². The Kier molecular flexibility index (Phi) is 4.70. The molecule has 0 unspecified atom stereocenters. The highest BCUT2D eigenvalue weighted by molar-refractivity contribution is 5.92. The first-order chi connectivity index (χ1) is 9.16. The first-order valence-electron chi connectivity index (χ1n) is 6.57. The van der Waals surface area contributed by atoms with Crippen LogP contribution >= 0.6 is 0 Å². The highest BCUT2D eigenvalue weighted by Crippen LogP contribution is 2.09. The molecule has 1 aromatic rings. The summed E-state index contributed by atoms with van der Waals surface area (Å²) < 4.78 is 0. The van der Waals surface area contributed by atoms with Crippen LogP contribution in [0.25, 0.3) is 0 Å². The fraction of sp³-hybridized carbons (Fsp3) is 0.538. The maximum Gasteiger partial charge on any atom is 0.250 e. The molecule has 0 aliphatic carbocycles. The normalized spacial score (nSPS) is 16.3. The van der Waals surface area contributed by atoms with Crippen molar-refractivity contribution in [1.29, 1.82) is 0 Å². The maximum absolute atomic E-state index is 11.0. The third-order valence-corrected chi connectivity index (χ3v) is 3.38. The maximum atomic E-state index is 11.0. The zero-order valence-electron chi connectivity index (χ0n) is 11.3. The van der Waals surface area contributed by atoms with Gasteiger partial charge in [-0.25, -0.2) is 4.98 Å². The van der Waals surface area contributed by atoms with Crippen LogP contribution in [0.1, 0.15) is 10.4 Å². The van der Waals surface area contributed by atoms with E-state index in [0.717, 1.165) is 45.1 Å². The Hall–Kier alpha value is -1.66. The molecule has 0 radical (unpaired) electrons. The number of aromatic nitrogens is 1. The first kappa shape index (κ1) is 13.8. The second kappa shape index (κ2) is 6.49. The van der Waals surface area contributed by atoms with Gasteiger partial charge in [-0.3, -0.25) is 9.69 Å². The number of carbonyl (C=O) groups excluding carboxylic acids is 1. The number of amides is 1. The summed E-state index contributed by atoms with van der Waals surface area (Å²) in [4.78, 5) is 19.8. The molecule has 1 saturated heterocycles. The van der Waals surface area contributed by atoms with E-state index in [1.165, 1.54) is 6.20 Å². The molecule has 3 N–H and O–H groups in total. The molecule has 6 nitrogen and oxygen atoms in total. The number of likely N-dealkylation sites (N-methyl/N-ethyl adjacent to an activating group) is 1.